The third-order valence-electron chi connectivity index (χ3n) is 3.76. The molecule has 3 aromatic rings. The highest BCUT2D eigenvalue weighted by atomic mass is 35.5. The van der Waals surface area contributed by atoms with E-state index in [-0.39, 0.29) is 5.91 Å². The van der Waals surface area contributed by atoms with Crippen LogP contribution in [0.25, 0.3) is 11.4 Å². The van der Waals surface area contributed by atoms with Crippen molar-refractivity contribution in [2.75, 3.05) is 12.4 Å². The summed E-state index contributed by atoms with van der Waals surface area (Å²) in [6, 6.07) is 14.5. The number of hydrogen-bond donors (Lipinski definition) is 1. The van der Waals surface area contributed by atoms with Crippen LogP contribution in [0.1, 0.15) is 18.7 Å². The largest absolute Gasteiger partial charge is 0.497 e. The summed E-state index contributed by atoms with van der Waals surface area (Å²) in [6.45, 7) is 0. The lowest BCUT2D eigenvalue weighted by Crippen LogP contribution is -2.11. The summed E-state index contributed by atoms with van der Waals surface area (Å²) in [4.78, 5) is 16.4. The average molecular weight is 372 g/mol. The van der Waals surface area contributed by atoms with Gasteiger partial charge in [0.05, 0.1) is 17.8 Å². The first-order valence-corrected chi connectivity index (χ1v) is 8.55. The number of para-hydroxylation sites is 1. The van der Waals surface area contributed by atoms with Crippen molar-refractivity contribution in [3.05, 3.63) is 59.4 Å². The number of carbonyl (C=O) groups excluding carboxylic acids is 1. The van der Waals surface area contributed by atoms with E-state index in [1.807, 2.05) is 36.4 Å². The van der Waals surface area contributed by atoms with E-state index in [1.165, 1.54) is 0 Å². The van der Waals surface area contributed by atoms with Crippen molar-refractivity contribution in [1.82, 2.24) is 10.1 Å². The standard InChI is InChI=1S/C19H18ClN3O3/c1-25-14-11-9-13(10-12-14)19-22-18(26-23-19)8-4-7-17(24)21-16-6-3-2-5-15(16)20/h2-3,5-6,9-12H,4,7-8H2,1H3,(H,21,24). The molecule has 0 unspecified atom stereocenters. The monoisotopic (exact) mass is 371 g/mol. The molecule has 1 heterocycles. The van der Waals surface area contributed by atoms with E-state index in [0.717, 1.165) is 11.3 Å². The number of anilines is 1. The number of halogens is 1. The number of ether oxygens (including phenoxy) is 1. The summed E-state index contributed by atoms with van der Waals surface area (Å²) < 4.78 is 10.4. The molecule has 1 aromatic heterocycles. The van der Waals surface area contributed by atoms with Crippen LogP contribution < -0.4 is 10.1 Å². The normalized spacial score (nSPS) is 10.5. The molecule has 1 N–H and O–H groups in total. The topological polar surface area (TPSA) is 77.2 Å². The van der Waals surface area contributed by atoms with Gasteiger partial charge in [-0.15, -0.1) is 0 Å². The first-order chi connectivity index (χ1) is 12.7. The zero-order chi connectivity index (χ0) is 18.4. The van der Waals surface area contributed by atoms with Crippen LogP contribution in [0.4, 0.5) is 5.69 Å². The maximum Gasteiger partial charge on any atom is 0.226 e. The van der Waals surface area contributed by atoms with Crippen LogP contribution in [0.15, 0.2) is 53.1 Å². The molecule has 134 valence electrons. The molecule has 0 saturated carbocycles. The molecule has 3 rings (SSSR count). The van der Waals surface area contributed by atoms with Crippen molar-refractivity contribution >= 4 is 23.2 Å². The average Bonchev–Trinajstić information content (AvgIpc) is 3.12. The maximum atomic E-state index is 12.0. The van der Waals surface area contributed by atoms with Gasteiger partial charge < -0.3 is 14.6 Å². The second-order valence-corrected chi connectivity index (χ2v) is 6.03. The van der Waals surface area contributed by atoms with Crippen LogP contribution >= 0.6 is 11.6 Å². The highest BCUT2D eigenvalue weighted by molar-refractivity contribution is 6.33. The van der Waals surface area contributed by atoms with E-state index < -0.39 is 0 Å². The molecule has 0 bridgehead atoms. The van der Waals surface area contributed by atoms with Gasteiger partial charge in [-0.25, -0.2) is 0 Å². The Morgan fingerprint density at radius 2 is 1.96 bits per heavy atom. The molecule has 0 atom stereocenters. The molecule has 26 heavy (non-hydrogen) atoms. The van der Waals surface area contributed by atoms with E-state index in [2.05, 4.69) is 15.5 Å². The Balaban J connectivity index is 1.50. The number of aryl methyl sites for hydroxylation is 1. The minimum Gasteiger partial charge on any atom is -0.497 e. The van der Waals surface area contributed by atoms with Gasteiger partial charge in [-0.1, -0.05) is 28.9 Å². The van der Waals surface area contributed by atoms with Gasteiger partial charge in [0.2, 0.25) is 17.6 Å². The predicted molar refractivity (Wildman–Crippen MR) is 99.3 cm³/mol. The lowest BCUT2D eigenvalue weighted by atomic mass is 10.2. The van der Waals surface area contributed by atoms with Gasteiger partial charge >= 0.3 is 0 Å². The molecule has 0 aliphatic heterocycles. The quantitative estimate of drug-likeness (QED) is 0.667. The highest BCUT2D eigenvalue weighted by Gasteiger charge is 2.10. The molecule has 0 spiro atoms. The summed E-state index contributed by atoms with van der Waals surface area (Å²) in [5, 5.41) is 7.28. The van der Waals surface area contributed by atoms with Gasteiger partial charge in [0.1, 0.15) is 5.75 Å². The lowest BCUT2D eigenvalue weighted by molar-refractivity contribution is -0.116. The molecular weight excluding hydrogens is 354 g/mol. The molecule has 2 aromatic carbocycles. The van der Waals surface area contributed by atoms with Crippen molar-refractivity contribution in [3.63, 3.8) is 0 Å². The number of aromatic nitrogens is 2. The van der Waals surface area contributed by atoms with Crippen molar-refractivity contribution in [3.8, 4) is 17.1 Å². The number of benzene rings is 2. The van der Waals surface area contributed by atoms with Crippen LogP contribution in [0.2, 0.25) is 5.02 Å². The fraction of sp³-hybridized carbons (Fsp3) is 0.211. The molecule has 1 amide bonds. The molecule has 0 fully saturated rings. The zero-order valence-electron chi connectivity index (χ0n) is 14.2. The Hall–Kier alpha value is -2.86. The van der Waals surface area contributed by atoms with E-state index in [0.29, 0.717) is 41.7 Å². The second kappa shape index (κ2) is 8.49. The molecule has 0 aliphatic carbocycles. The van der Waals surface area contributed by atoms with Gasteiger partial charge in [-0.05, 0) is 42.8 Å². The Morgan fingerprint density at radius 3 is 2.69 bits per heavy atom. The van der Waals surface area contributed by atoms with Crippen LogP contribution in [0, 0.1) is 0 Å². The first kappa shape index (κ1) is 17.9. The number of nitrogens with one attached hydrogen (secondary N) is 1. The van der Waals surface area contributed by atoms with E-state index in [1.54, 1.807) is 19.2 Å². The molecular formula is C19H18ClN3O3. The van der Waals surface area contributed by atoms with Crippen LogP contribution in [0.5, 0.6) is 5.75 Å². The Labute approximate surface area is 156 Å². The summed E-state index contributed by atoms with van der Waals surface area (Å²) in [5.41, 5.74) is 1.45. The number of hydrogen-bond acceptors (Lipinski definition) is 5. The number of methoxy groups -OCH3 is 1. The summed E-state index contributed by atoms with van der Waals surface area (Å²) >= 11 is 6.02. The van der Waals surface area contributed by atoms with Crippen molar-refractivity contribution in [2.24, 2.45) is 0 Å². The van der Waals surface area contributed by atoms with Gasteiger partial charge in [0.15, 0.2) is 0 Å². The van der Waals surface area contributed by atoms with E-state index in [4.69, 9.17) is 20.9 Å². The smallest absolute Gasteiger partial charge is 0.226 e. The summed E-state index contributed by atoms with van der Waals surface area (Å²) in [5.74, 6) is 1.68. The SMILES string of the molecule is COc1ccc(-c2noc(CCCC(=O)Nc3ccccc3Cl)n2)cc1. The molecule has 0 saturated heterocycles. The predicted octanol–water partition coefficient (Wildman–Crippen LogP) is 4.36. The fourth-order valence-electron chi connectivity index (χ4n) is 2.39. The van der Waals surface area contributed by atoms with Crippen molar-refractivity contribution in [1.29, 1.82) is 0 Å². The summed E-state index contributed by atoms with van der Waals surface area (Å²) in [7, 11) is 1.61. The van der Waals surface area contributed by atoms with Crippen LogP contribution in [-0.4, -0.2) is 23.2 Å². The van der Waals surface area contributed by atoms with Crippen LogP contribution in [0.3, 0.4) is 0 Å². The Bertz CT molecular complexity index is 878. The van der Waals surface area contributed by atoms with Gasteiger partial charge in [0.25, 0.3) is 0 Å². The highest BCUT2D eigenvalue weighted by Crippen LogP contribution is 2.21. The summed E-state index contributed by atoms with van der Waals surface area (Å²) in [6.07, 6.45) is 1.46. The Morgan fingerprint density at radius 1 is 1.19 bits per heavy atom. The van der Waals surface area contributed by atoms with E-state index >= 15 is 0 Å². The van der Waals surface area contributed by atoms with Gasteiger partial charge in [-0.3, -0.25) is 4.79 Å². The fourth-order valence-corrected chi connectivity index (χ4v) is 2.57. The minimum atomic E-state index is -0.104. The zero-order valence-corrected chi connectivity index (χ0v) is 15.0. The first-order valence-electron chi connectivity index (χ1n) is 8.17. The van der Waals surface area contributed by atoms with Crippen molar-refractivity contribution < 1.29 is 14.1 Å². The number of amides is 1. The molecule has 0 radical (unpaired) electrons. The second-order valence-electron chi connectivity index (χ2n) is 5.62. The molecule has 0 aliphatic rings. The minimum absolute atomic E-state index is 0.104. The number of nitrogens with zero attached hydrogens (tertiary/aromatic N) is 2. The third kappa shape index (κ3) is 4.61. The third-order valence-corrected chi connectivity index (χ3v) is 4.09. The molecule has 7 heteroatoms. The van der Waals surface area contributed by atoms with E-state index in [9.17, 15) is 4.79 Å². The Kier molecular flexibility index (Phi) is 5.86. The molecule has 6 nitrogen and oxygen atoms in total. The van der Waals surface area contributed by atoms with Gasteiger partial charge in [-0.2, -0.15) is 4.98 Å². The van der Waals surface area contributed by atoms with Crippen LogP contribution in [-0.2, 0) is 11.2 Å². The van der Waals surface area contributed by atoms with Gasteiger partial charge in [0, 0.05) is 18.4 Å². The van der Waals surface area contributed by atoms with Crippen molar-refractivity contribution in [2.45, 2.75) is 19.3 Å². The lowest BCUT2D eigenvalue weighted by Gasteiger charge is -2.06. The number of carbonyl (C=O) groups is 1. The maximum absolute atomic E-state index is 12.0. The number of rotatable bonds is 7.